The fourth-order valence-corrected chi connectivity index (χ4v) is 5.99. The summed E-state index contributed by atoms with van der Waals surface area (Å²) in [5.41, 5.74) is -0.735. The standard InChI is InChI=1S/C40H58BN4O12/c1-54-37(46)21-17-13-9-5-3-7-11-15-19-23-42-39(48)31-25-33(44(50)51)29-35(27-31)56-41-57-36-28-32(26-34(30-36)45(52)53)40(49)43-24-20-16-12-8-4-6-10-14-18-22-38(47)55-2/h25-30H,3-24H2,1-2H3,(H,42,48)(H,43,49). The molecule has 0 spiro atoms. The molecule has 16 nitrogen and oxygen atoms in total. The average Bonchev–Trinajstić information content (AvgIpc) is 3.20. The lowest BCUT2D eigenvalue weighted by molar-refractivity contribution is -0.385. The van der Waals surface area contributed by atoms with Crippen LogP contribution in [0.15, 0.2) is 36.4 Å². The molecular formula is C40H58BN4O12. The Morgan fingerprint density at radius 2 is 0.825 bits per heavy atom. The van der Waals surface area contributed by atoms with E-state index in [9.17, 15) is 39.4 Å². The maximum absolute atomic E-state index is 12.8. The van der Waals surface area contributed by atoms with Crippen molar-refractivity contribution in [3.8, 4) is 11.5 Å². The number of nitro benzene ring substituents is 2. The van der Waals surface area contributed by atoms with Gasteiger partial charge in [-0.2, -0.15) is 0 Å². The van der Waals surface area contributed by atoms with Gasteiger partial charge in [0.25, 0.3) is 23.2 Å². The van der Waals surface area contributed by atoms with E-state index in [1.54, 1.807) is 0 Å². The first-order chi connectivity index (χ1) is 27.5. The molecule has 17 heteroatoms. The van der Waals surface area contributed by atoms with E-state index < -0.39 is 21.7 Å². The van der Waals surface area contributed by atoms with Crippen LogP contribution < -0.4 is 19.9 Å². The number of nitrogens with zero attached hydrogens (tertiary/aromatic N) is 2. The topological polar surface area (TPSA) is 216 Å². The van der Waals surface area contributed by atoms with Gasteiger partial charge >= 0.3 is 19.6 Å². The van der Waals surface area contributed by atoms with Gasteiger partial charge in [-0.1, -0.05) is 89.9 Å². The van der Waals surface area contributed by atoms with Crippen LogP contribution in [-0.4, -0.2) is 68.6 Å². The van der Waals surface area contributed by atoms with E-state index >= 15 is 0 Å². The molecule has 0 saturated heterocycles. The molecule has 0 aliphatic carbocycles. The first-order valence-electron chi connectivity index (χ1n) is 20.0. The second kappa shape index (κ2) is 29.1. The number of carbonyl (C=O) groups is 4. The van der Waals surface area contributed by atoms with Gasteiger partial charge in [0.1, 0.15) is 11.5 Å². The first kappa shape index (κ1) is 47.9. The number of hydrogen-bond donors (Lipinski definition) is 2. The Balaban J connectivity index is 1.76. The SMILES string of the molecule is COC(=O)CCCCCCCCCCCNC(=O)c1cc(O[B]Oc2cc(C(=O)NCCCCCCCCCCCC(=O)OC)cc([N+](=O)[O-])c2)cc([N+](=O)[O-])c1. The van der Waals surface area contributed by atoms with Gasteiger partial charge in [0, 0.05) is 49.2 Å². The Hall–Kier alpha value is -5.22. The minimum Gasteiger partial charge on any atom is -0.526 e. The summed E-state index contributed by atoms with van der Waals surface area (Å²) < 4.78 is 20.2. The number of hydrogen-bond acceptors (Lipinski definition) is 12. The second-order valence-electron chi connectivity index (χ2n) is 13.8. The van der Waals surface area contributed by atoms with E-state index in [1.807, 2.05) is 0 Å². The summed E-state index contributed by atoms with van der Waals surface area (Å²) in [5.74, 6) is -1.51. The zero-order valence-electron chi connectivity index (χ0n) is 33.4. The molecule has 2 amide bonds. The van der Waals surface area contributed by atoms with Gasteiger partial charge in [0.2, 0.25) is 0 Å². The first-order valence-corrected chi connectivity index (χ1v) is 20.0. The molecular weight excluding hydrogens is 739 g/mol. The highest BCUT2D eigenvalue weighted by Crippen LogP contribution is 2.25. The number of non-ortho nitro benzene ring substituents is 2. The molecule has 0 unspecified atom stereocenters. The van der Waals surface area contributed by atoms with Gasteiger partial charge in [-0.3, -0.25) is 39.4 Å². The molecule has 2 N–H and O–H groups in total. The van der Waals surface area contributed by atoms with E-state index in [2.05, 4.69) is 20.1 Å². The normalized spacial score (nSPS) is 10.6. The molecule has 2 aromatic carbocycles. The van der Waals surface area contributed by atoms with Crippen LogP contribution in [0.1, 0.15) is 149 Å². The molecule has 2 rings (SSSR count). The molecule has 0 fully saturated rings. The van der Waals surface area contributed by atoms with Crippen molar-refractivity contribution in [2.75, 3.05) is 27.3 Å². The van der Waals surface area contributed by atoms with Crippen LogP contribution in [0, 0.1) is 20.2 Å². The van der Waals surface area contributed by atoms with Crippen molar-refractivity contribution in [2.24, 2.45) is 0 Å². The van der Waals surface area contributed by atoms with Crippen LogP contribution >= 0.6 is 0 Å². The van der Waals surface area contributed by atoms with Gasteiger partial charge < -0.3 is 29.4 Å². The molecule has 0 saturated carbocycles. The summed E-state index contributed by atoms with van der Waals surface area (Å²) in [5, 5.41) is 28.7. The van der Waals surface area contributed by atoms with Crippen LogP contribution in [0.4, 0.5) is 11.4 Å². The average molecular weight is 798 g/mol. The van der Waals surface area contributed by atoms with Crippen molar-refractivity contribution in [2.45, 2.75) is 128 Å². The van der Waals surface area contributed by atoms with Crippen LogP contribution in [0.25, 0.3) is 0 Å². The third-order valence-corrected chi connectivity index (χ3v) is 9.24. The Labute approximate surface area is 335 Å². The highest BCUT2D eigenvalue weighted by molar-refractivity contribution is 6.21. The Morgan fingerprint density at radius 3 is 1.14 bits per heavy atom. The number of esters is 2. The van der Waals surface area contributed by atoms with Crippen LogP contribution in [0.3, 0.4) is 0 Å². The van der Waals surface area contributed by atoms with Crippen molar-refractivity contribution in [1.82, 2.24) is 10.6 Å². The maximum Gasteiger partial charge on any atom is 0.658 e. The quantitative estimate of drug-likeness (QED) is 0.0236. The zero-order valence-corrected chi connectivity index (χ0v) is 33.4. The Bertz CT molecular complexity index is 1460. The third-order valence-electron chi connectivity index (χ3n) is 9.24. The fraction of sp³-hybridized carbons (Fsp3) is 0.600. The minimum atomic E-state index is -0.658. The van der Waals surface area contributed by atoms with Crippen molar-refractivity contribution in [3.05, 3.63) is 67.8 Å². The number of nitrogens with one attached hydrogen (secondary N) is 2. The molecule has 0 aliphatic heterocycles. The summed E-state index contributed by atoms with van der Waals surface area (Å²) >= 11 is 0. The smallest absolute Gasteiger partial charge is 0.526 e. The number of nitro groups is 2. The molecule has 0 aliphatic rings. The maximum atomic E-state index is 12.8. The van der Waals surface area contributed by atoms with Crippen molar-refractivity contribution < 1.29 is 47.8 Å². The van der Waals surface area contributed by atoms with Crippen LogP contribution in [0.5, 0.6) is 11.5 Å². The number of amides is 2. The van der Waals surface area contributed by atoms with Gasteiger partial charge in [-0.05, 0) is 37.8 Å². The molecule has 2 aromatic rings. The van der Waals surface area contributed by atoms with E-state index in [0.29, 0.717) is 25.9 Å². The van der Waals surface area contributed by atoms with Crippen molar-refractivity contribution in [3.63, 3.8) is 0 Å². The fourth-order valence-electron chi connectivity index (χ4n) is 5.99. The lowest BCUT2D eigenvalue weighted by atomic mass is 10.1. The molecule has 313 valence electrons. The summed E-state index contributed by atoms with van der Waals surface area (Å²) in [7, 11) is 3.60. The summed E-state index contributed by atoms with van der Waals surface area (Å²) in [4.78, 5) is 69.8. The minimum absolute atomic E-state index is 0.0122. The van der Waals surface area contributed by atoms with E-state index in [-0.39, 0.29) is 45.9 Å². The molecule has 57 heavy (non-hydrogen) atoms. The van der Waals surface area contributed by atoms with Gasteiger partial charge in [0.15, 0.2) is 0 Å². The Kier molecular flexibility index (Phi) is 24.5. The van der Waals surface area contributed by atoms with Crippen molar-refractivity contribution in [1.29, 1.82) is 0 Å². The molecule has 1 radical (unpaired) electrons. The Morgan fingerprint density at radius 1 is 0.509 bits per heavy atom. The number of rotatable bonds is 32. The van der Waals surface area contributed by atoms with Crippen LogP contribution in [0.2, 0.25) is 0 Å². The number of carbonyl (C=O) groups excluding carboxylic acids is 4. The van der Waals surface area contributed by atoms with E-state index in [0.717, 1.165) is 148 Å². The van der Waals surface area contributed by atoms with Crippen molar-refractivity contribution >= 4 is 42.8 Å². The number of ether oxygens (including phenoxy) is 2. The van der Waals surface area contributed by atoms with Crippen LogP contribution in [-0.2, 0) is 19.1 Å². The summed E-state index contributed by atoms with van der Waals surface area (Å²) in [6.45, 7) is 0.790. The summed E-state index contributed by atoms with van der Waals surface area (Å²) in [6, 6.07) is 7.13. The third kappa shape index (κ3) is 21.6. The second-order valence-corrected chi connectivity index (χ2v) is 13.8. The lowest BCUT2D eigenvalue weighted by Gasteiger charge is -2.11. The zero-order chi connectivity index (χ0) is 41.7. The van der Waals surface area contributed by atoms with Gasteiger partial charge in [-0.25, -0.2) is 0 Å². The predicted octanol–water partition coefficient (Wildman–Crippen LogP) is 8.10. The predicted molar refractivity (Wildman–Crippen MR) is 214 cm³/mol. The monoisotopic (exact) mass is 797 g/mol. The number of unbranched alkanes of at least 4 members (excludes halogenated alkanes) is 16. The van der Waals surface area contributed by atoms with E-state index in [4.69, 9.17) is 9.31 Å². The molecule has 0 heterocycles. The van der Waals surface area contributed by atoms with Gasteiger partial charge in [0.05, 0.1) is 36.2 Å². The number of benzene rings is 2. The molecule has 0 atom stereocenters. The highest BCUT2D eigenvalue weighted by atomic mass is 16.6. The summed E-state index contributed by atoms with van der Waals surface area (Å²) in [6.07, 6.45) is 18.7. The molecule has 0 bridgehead atoms. The molecule has 0 aromatic heterocycles. The van der Waals surface area contributed by atoms with Gasteiger partial charge in [-0.15, -0.1) is 0 Å². The largest absolute Gasteiger partial charge is 0.658 e. The highest BCUT2D eigenvalue weighted by Gasteiger charge is 2.19. The van der Waals surface area contributed by atoms with E-state index in [1.165, 1.54) is 26.4 Å². The lowest BCUT2D eigenvalue weighted by Crippen LogP contribution is -2.25. The number of methoxy groups -OCH3 is 2.